The summed E-state index contributed by atoms with van der Waals surface area (Å²) >= 11 is 0. The number of hydrogen-bond acceptors (Lipinski definition) is 2. The Morgan fingerprint density at radius 1 is 1.16 bits per heavy atom. The van der Waals surface area contributed by atoms with E-state index < -0.39 is 5.97 Å². The lowest BCUT2D eigenvalue weighted by molar-refractivity contribution is 0.0695. The van der Waals surface area contributed by atoms with Crippen LogP contribution < -0.4 is 0 Å². The minimum atomic E-state index is -0.884. The van der Waals surface area contributed by atoms with Crippen molar-refractivity contribution < 1.29 is 14.6 Å². The van der Waals surface area contributed by atoms with Crippen molar-refractivity contribution >= 4 is 5.97 Å². The SMILES string of the molecule is COCC1c2ccccc2-c2cccc(C(=O)O)c21. The Morgan fingerprint density at radius 3 is 2.63 bits per heavy atom. The molecule has 0 aliphatic heterocycles. The van der Waals surface area contributed by atoms with Crippen LogP contribution in [0.4, 0.5) is 0 Å². The van der Waals surface area contributed by atoms with Crippen molar-refractivity contribution in [3.8, 4) is 11.1 Å². The van der Waals surface area contributed by atoms with Gasteiger partial charge in [0.05, 0.1) is 12.2 Å². The first kappa shape index (κ1) is 11.9. The summed E-state index contributed by atoms with van der Waals surface area (Å²) in [5.41, 5.74) is 4.52. The molecule has 2 aromatic rings. The van der Waals surface area contributed by atoms with E-state index in [2.05, 4.69) is 0 Å². The van der Waals surface area contributed by atoms with Gasteiger partial charge in [-0.3, -0.25) is 0 Å². The normalized spacial score (nSPS) is 15.9. The van der Waals surface area contributed by atoms with Crippen molar-refractivity contribution in [2.24, 2.45) is 0 Å². The van der Waals surface area contributed by atoms with Gasteiger partial charge in [0.25, 0.3) is 0 Å². The number of hydrogen-bond donors (Lipinski definition) is 1. The van der Waals surface area contributed by atoms with Gasteiger partial charge in [-0.15, -0.1) is 0 Å². The highest BCUT2D eigenvalue weighted by Gasteiger charge is 2.32. The Labute approximate surface area is 111 Å². The van der Waals surface area contributed by atoms with E-state index in [9.17, 15) is 9.90 Å². The first-order chi connectivity index (χ1) is 9.24. The average Bonchev–Trinajstić information content (AvgIpc) is 2.74. The summed E-state index contributed by atoms with van der Waals surface area (Å²) in [5.74, 6) is -0.880. The molecule has 3 nitrogen and oxygen atoms in total. The van der Waals surface area contributed by atoms with Gasteiger partial charge in [-0.05, 0) is 28.3 Å². The second-order valence-electron chi connectivity index (χ2n) is 4.67. The molecule has 0 radical (unpaired) electrons. The molecule has 1 N–H and O–H groups in total. The van der Waals surface area contributed by atoms with Crippen LogP contribution in [-0.2, 0) is 4.74 Å². The van der Waals surface area contributed by atoms with E-state index in [0.717, 1.165) is 22.3 Å². The van der Waals surface area contributed by atoms with Crippen LogP contribution in [0.1, 0.15) is 27.4 Å². The third-order valence-electron chi connectivity index (χ3n) is 3.64. The summed E-state index contributed by atoms with van der Waals surface area (Å²) in [6.07, 6.45) is 0. The topological polar surface area (TPSA) is 46.5 Å². The summed E-state index contributed by atoms with van der Waals surface area (Å²) in [7, 11) is 1.64. The molecule has 3 rings (SSSR count). The Bertz CT molecular complexity index is 646. The predicted molar refractivity (Wildman–Crippen MR) is 72.6 cm³/mol. The van der Waals surface area contributed by atoms with Gasteiger partial charge >= 0.3 is 5.97 Å². The van der Waals surface area contributed by atoms with Crippen molar-refractivity contribution in [2.45, 2.75) is 5.92 Å². The zero-order valence-corrected chi connectivity index (χ0v) is 10.6. The van der Waals surface area contributed by atoms with Gasteiger partial charge in [0.15, 0.2) is 0 Å². The summed E-state index contributed by atoms with van der Waals surface area (Å²) in [6, 6.07) is 13.5. The van der Waals surface area contributed by atoms with Crippen LogP contribution in [0, 0.1) is 0 Å². The smallest absolute Gasteiger partial charge is 0.336 e. The number of fused-ring (bicyclic) bond motifs is 3. The molecule has 1 unspecified atom stereocenters. The highest BCUT2D eigenvalue weighted by Crippen LogP contribution is 2.46. The maximum atomic E-state index is 11.4. The minimum Gasteiger partial charge on any atom is -0.478 e. The van der Waals surface area contributed by atoms with E-state index in [1.807, 2.05) is 30.3 Å². The molecule has 19 heavy (non-hydrogen) atoms. The van der Waals surface area contributed by atoms with Gasteiger partial charge in [-0.25, -0.2) is 4.79 Å². The third kappa shape index (κ3) is 1.74. The van der Waals surface area contributed by atoms with Crippen molar-refractivity contribution in [1.29, 1.82) is 0 Å². The molecule has 0 spiro atoms. The molecule has 0 saturated carbocycles. The highest BCUT2D eigenvalue weighted by atomic mass is 16.5. The predicted octanol–water partition coefficient (Wildman–Crippen LogP) is 3.14. The van der Waals surface area contributed by atoms with Crippen molar-refractivity contribution in [2.75, 3.05) is 13.7 Å². The van der Waals surface area contributed by atoms with Crippen molar-refractivity contribution in [1.82, 2.24) is 0 Å². The summed E-state index contributed by atoms with van der Waals surface area (Å²) in [5, 5.41) is 9.37. The second kappa shape index (κ2) is 4.52. The number of carbonyl (C=O) groups is 1. The van der Waals surface area contributed by atoms with E-state index in [1.165, 1.54) is 0 Å². The van der Waals surface area contributed by atoms with Crippen molar-refractivity contribution in [3.63, 3.8) is 0 Å². The molecule has 0 saturated heterocycles. The lowest BCUT2D eigenvalue weighted by atomic mass is 9.93. The highest BCUT2D eigenvalue weighted by molar-refractivity contribution is 5.95. The van der Waals surface area contributed by atoms with Gasteiger partial charge in [0, 0.05) is 13.0 Å². The molecule has 0 fully saturated rings. The molecule has 0 amide bonds. The monoisotopic (exact) mass is 254 g/mol. The first-order valence-electron chi connectivity index (χ1n) is 6.18. The van der Waals surface area contributed by atoms with E-state index in [0.29, 0.717) is 12.2 Å². The fourth-order valence-electron chi connectivity index (χ4n) is 2.90. The zero-order valence-electron chi connectivity index (χ0n) is 10.6. The van der Waals surface area contributed by atoms with Crippen LogP contribution in [0.5, 0.6) is 0 Å². The standard InChI is InChI=1S/C16H14O3/c1-19-9-14-11-6-3-2-5-10(11)12-7-4-8-13(15(12)14)16(17)18/h2-8,14H,9H2,1H3,(H,17,18). The number of rotatable bonds is 3. The fourth-order valence-corrected chi connectivity index (χ4v) is 2.90. The Morgan fingerprint density at radius 2 is 1.89 bits per heavy atom. The van der Waals surface area contributed by atoms with E-state index >= 15 is 0 Å². The molecular formula is C16H14O3. The Balaban J connectivity index is 2.28. The molecule has 3 heteroatoms. The largest absolute Gasteiger partial charge is 0.478 e. The van der Waals surface area contributed by atoms with Gasteiger partial charge in [0.1, 0.15) is 0 Å². The number of methoxy groups -OCH3 is 1. The molecule has 0 aromatic heterocycles. The molecule has 2 aromatic carbocycles. The van der Waals surface area contributed by atoms with Crippen LogP contribution in [0.25, 0.3) is 11.1 Å². The van der Waals surface area contributed by atoms with Gasteiger partial charge < -0.3 is 9.84 Å². The van der Waals surface area contributed by atoms with Crippen LogP contribution >= 0.6 is 0 Å². The number of carboxylic acid groups (broad SMARTS) is 1. The summed E-state index contributed by atoms with van der Waals surface area (Å²) in [6.45, 7) is 0.494. The Hall–Kier alpha value is -2.13. The number of ether oxygens (including phenoxy) is 1. The van der Waals surface area contributed by atoms with E-state index in [-0.39, 0.29) is 5.92 Å². The minimum absolute atomic E-state index is 0.00324. The third-order valence-corrected chi connectivity index (χ3v) is 3.64. The summed E-state index contributed by atoms with van der Waals surface area (Å²) < 4.78 is 5.28. The average molecular weight is 254 g/mol. The van der Waals surface area contributed by atoms with Crippen LogP contribution in [0.15, 0.2) is 42.5 Å². The molecule has 0 heterocycles. The Kier molecular flexibility index (Phi) is 2.84. The lowest BCUT2D eigenvalue weighted by Crippen LogP contribution is -2.10. The van der Waals surface area contributed by atoms with Gasteiger partial charge in [-0.2, -0.15) is 0 Å². The first-order valence-corrected chi connectivity index (χ1v) is 6.18. The van der Waals surface area contributed by atoms with E-state index in [1.54, 1.807) is 19.2 Å². The fraction of sp³-hybridized carbons (Fsp3) is 0.188. The second-order valence-corrected chi connectivity index (χ2v) is 4.67. The molecule has 0 bridgehead atoms. The number of carboxylic acids is 1. The maximum Gasteiger partial charge on any atom is 0.336 e. The maximum absolute atomic E-state index is 11.4. The molecule has 1 aliphatic rings. The molecule has 96 valence electrons. The molecule has 1 aliphatic carbocycles. The van der Waals surface area contributed by atoms with Gasteiger partial charge in [0.2, 0.25) is 0 Å². The van der Waals surface area contributed by atoms with Crippen LogP contribution in [0.2, 0.25) is 0 Å². The lowest BCUT2D eigenvalue weighted by Gasteiger charge is -2.14. The molecule has 1 atom stereocenters. The van der Waals surface area contributed by atoms with Gasteiger partial charge in [-0.1, -0.05) is 36.4 Å². The molecular weight excluding hydrogens is 240 g/mol. The zero-order chi connectivity index (χ0) is 13.4. The van der Waals surface area contributed by atoms with Crippen LogP contribution in [0.3, 0.4) is 0 Å². The number of benzene rings is 2. The van der Waals surface area contributed by atoms with Crippen LogP contribution in [-0.4, -0.2) is 24.8 Å². The van der Waals surface area contributed by atoms with Crippen molar-refractivity contribution in [3.05, 3.63) is 59.2 Å². The number of aromatic carboxylic acids is 1. The quantitative estimate of drug-likeness (QED) is 0.915. The van der Waals surface area contributed by atoms with E-state index in [4.69, 9.17) is 4.74 Å². The summed E-state index contributed by atoms with van der Waals surface area (Å²) in [4.78, 5) is 11.4.